The number of hydrogen-bond donors (Lipinski definition) is 1. The van der Waals surface area contributed by atoms with Crippen molar-refractivity contribution in [2.75, 3.05) is 31.7 Å². The summed E-state index contributed by atoms with van der Waals surface area (Å²) < 4.78 is 71.9. The minimum Gasteiger partial charge on any atom is -0.370 e. The molecule has 12 heteroatoms. The topological polar surface area (TPSA) is 86.1 Å². The lowest BCUT2D eigenvalue weighted by atomic mass is 9.80. The largest absolute Gasteiger partial charge is 0.426 e. The van der Waals surface area contributed by atoms with E-state index in [2.05, 4.69) is 15.6 Å². The molecule has 0 unspecified atom stereocenters. The standard InChI is InChI=1S/C17H21F3N4O3S2/c1-29(25,26)9-7-24-10-11(22-23-24)13-14-12(28-15(13)17(18,19)20)2-8-27-16(14)3-5-21-6-4-16/h10,21H,2-9H2,1H3. The zero-order chi connectivity index (χ0) is 20.9. The number of hydrogen-bond acceptors (Lipinski definition) is 7. The monoisotopic (exact) mass is 450 g/mol. The van der Waals surface area contributed by atoms with Gasteiger partial charge in [-0.25, -0.2) is 8.42 Å². The van der Waals surface area contributed by atoms with Gasteiger partial charge in [0.2, 0.25) is 0 Å². The molecule has 160 valence electrons. The zero-order valence-corrected chi connectivity index (χ0v) is 17.4. The van der Waals surface area contributed by atoms with Gasteiger partial charge in [-0.05, 0) is 25.9 Å². The van der Waals surface area contributed by atoms with E-state index in [1.54, 1.807) is 0 Å². The van der Waals surface area contributed by atoms with Gasteiger partial charge >= 0.3 is 6.18 Å². The number of nitrogens with zero attached hydrogens (tertiary/aromatic N) is 3. The van der Waals surface area contributed by atoms with Gasteiger partial charge in [0.05, 0.1) is 30.7 Å². The molecule has 2 aliphatic heterocycles. The predicted octanol–water partition coefficient (Wildman–Crippen LogP) is 2.22. The number of halogens is 3. The highest BCUT2D eigenvalue weighted by Gasteiger charge is 2.48. The second kappa shape index (κ2) is 7.33. The average molecular weight is 451 g/mol. The van der Waals surface area contributed by atoms with Crippen molar-refractivity contribution in [3.05, 3.63) is 21.5 Å². The van der Waals surface area contributed by atoms with Crippen molar-refractivity contribution >= 4 is 21.2 Å². The summed E-state index contributed by atoms with van der Waals surface area (Å²) in [6.07, 6.45) is -0.429. The number of alkyl halides is 3. The van der Waals surface area contributed by atoms with Crippen LogP contribution in [0.25, 0.3) is 11.3 Å². The van der Waals surface area contributed by atoms with Crippen LogP contribution in [0.4, 0.5) is 13.2 Å². The third-order valence-electron chi connectivity index (χ3n) is 5.30. The number of rotatable bonds is 4. The van der Waals surface area contributed by atoms with Crippen LogP contribution in [-0.4, -0.2) is 55.1 Å². The summed E-state index contributed by atoms with van der Waals surface area (Å²) in [5, 5.41) is 11.1. The smallest absolute Gasteiger partial charge is 0.370 e. The third kappa shape index (κ3) is 4.07. The Morgan fingerprint density at radius 3 is 2.72 bits per heavy atom. The summed E-state index contributed by atoms with van der Waals surface area (Å²) in [7, 11) is -3.23. The van der Waals surface area contributed by atoms with Crippen molar-refractivity contribution in [2.24, 2.45) is 0 Å². The molecule has 1 fully saturated rings. The Kier molecular flexibility index (Phi) is 5.24. The van der Waals surface area contributed by atoms with E-state index in [0.717, 1.165) is 17.6 Å². The fraction of sp³-hybridized carbons (Fsp3) is 0.647. The maximum absolute atomic E-state index is 13.9. The minimum atomic E-state index is -4.53. The van der Waals surface area contributed by atoms with Crippen molar-refractivity contribution in [1.29, 1.82) is 0 Å². The molecule has 29 heavy (non-hydrogen) atoms. The Bertz CT molecular complexity index is 1010. The summed E-state index contributed by atoms with van der Waals surface area (Å²) in [5.41, 5.74) is -0.0424. The Hall–Kier alpha value is -1.50. The van der Waals surface area contributed by atoms with Crippen LogP contribution in [0.1, 0.15) is 28.2 Å². The maximum atomic E-state index is 13.9. The summed E-state index contributed by atoms with van der Waals surface area (Å²) in [4.78, 5) is -0.00719. The average Bonchev–Trinajstić information content (AvgIpc) is 3.25. The van der Waals surface area contributed by atoms with E-state index in [9.17, 15) is 21.6 Å². The zero-order valence-electron chi connectivity index (χ0n) is 15.8. The predicted molar refractivity (Wildman–Crippen MR) is 101 cm³/mol. The van der Waals surface area contributed by atoms with Gasteiger partial charge in [0.15, 0.2) is 0 Å². The first-order chi connectivity index (χ1) is 13.6. The van der Waals surface area contributed by atoms with Gasteiger partial charge in [0.25, 0.3) is 0 Å². The van der Waals surface area contributed by atoms with Crippen molar-refractivity contribution in [3.63, 3.8) is 0 Å². The van der Waals surface area contributed by atoms with E-state index in [1.165, 1.54) is 10.9 Å². The highest BCUT2D eigenvalue weighted by Crippen LogP contribution is 2.53. The molecule has 0 amide bonds. The fourth-order valence-corrected chi connectivity index (χ4v) is 5.76. The van der Waals surface area contributed by atoms with Crippen molar-refractivity contribution in [1.82, 2.24) is 20.3 Å². The molecule has 0 bridgehead atoms. The first-order valence-corrected chi connectivity index (χ1v) is 12.1. The van der Waals surface area contributed by atoms with Gasteiger partial charge in [0.1, 0.15) is 20.4 Å². The van der Waals surface area contributed by atoms with Crippen LogP contribution in [0.3, 0.4) is 0 Å². The molecule has 0 atom stereocenters. The highest BCUT2D eigenvalue weighted by atomic mass is 32.2. The highest BCUT2D eigenvalue weighted by molar-refractivity contribution is 7.90. The lowest BCUT2D eigenvalue weighted by Crippen LogP contribution is -2.44. The van der Waals surface area contributed by atoms with Gasteiger partial charge in [-0.15, -0.1) is 16.4 Å². The summed E-state index contributed by atoms with van der Waals surface area (Å²) in [6, 6.07) is 0. The quantitative estimate of drug-likeness (QED) is 0.769. The molecular weight excluding hydrogens is 429 g/mol. The van der Waals surface area contributed by atoms with Gasteiger partial charge in [-0.2, -0.15) is 13.2 Å². The normalized spacial score (nSPS) is 19.4. The van der Waals surface area contributed by atoms with Crippen LogP contribution >= 0.6 is 11.3 Å². The molecule has 1 saturated heterocycles. The summed E-state index contributed by atoms with van der Waals surface area (Å²) in [5.74, 6) is -0.164. The van der Waals surface area contributed by atoms with E-state index < -0.39 is 26.5 Å². The number of fused-ring (bicyclic) bond motifs is 2. The van der Waals surface area contributed by atoms with Gasteiger partial charge in [-0.3, -0.25) is 4.68 Å². The van der Waals surface area contributed by atoms with E-state index in [-0.39, 0.29) is 23.6 Å². The molecule has 7 nitrogen and oxygen atoms in total. The second-order valence-corrected chi connectivity index (χ2v) is 10.8. The second-order valence-electron chi connectivity index (χ2n) is 7.44. The van der Waals surface area contributed by atoms with Crippen LogP contribution in [0.2, 0.25) is 0 Å². The van der Waals surface area contributed by atoms with Crippen LogP contribution in [0.5, 0.6) is 0 Å². The van der Waals surface area contributed by atoms with Crippen molar-refractivity contribution < 1.29 is 26.3 Å². The molecule has 0 radical (unpaired) electrons. The van der Waals surface area contributed by atoms with Crippen LogP contribution in [-0.2, 0) is 39.3 Å². The fourth-order valence-electron chi connectivity index (χ4n) is 4.00. The van der Waals surface area contributed by atoms with Crippen LogP contribution in [0.15, 0.2) is 6.20 Å². The summed E-state index contributed by atoms with van der Waals surface area (Å²) in [6.45, 7) is 1.75. The molecule has 2 aliphatic rings. The molecule has 0 aliphatic carbocycles. The number of ether oxygens (including phenoxy) is 1. The van der Waals surface area contributed by atoms with Gasteiger partial charge < -0.3 is 10.1 Å². The lowest BCUT2D eigenvalue weighted by molar-refractivity contribution is -0.134. The maximum Gasteiger partial charge on any atom is 0.426 e. The molecule has 4 rings (SSSR count). The lowest BCUT2D eigenvalue weighted by Gasteiger charge is -2.41. The third-order valence-corrected chi connectivity index (χ3v) is 7.52. The first-order valence-electron chi connectivity index (χ1n) is 9.25. The van der Waals surface area contributed by atoms with E-state index in [4.69, 9.17) is 4.74 Å². The SMILES string of the molecule is CS(=O)(=O)CCn1cc(-c2c(C(F)(F)F)sc3c2C2(CCNCC2)OCC3)nn1. The minimum absolute atomic E-state index is 0.0321. The Labute approximate surface area is 170 Å². The molecule has 1 spiro atoms. The summed E-state index contributed by atoms with van der Waals surface area (Å²) >= 11 is 0.760. The Balaban J connectivity index is 1.82. The number of piperidine rings is 1. The number of aryl methyl sites for hydroxylation is 1. The van der Waals surface area contributed by atoms with Gasteiger partial charge in [0, 0.05) is 28.7 Å². The Morgan fingerprint density at radius 2 is 2.07 bits per heavy atom. The van der Waals surface area contributed by atoms with E-state index >= 15 is 0 Å². The van der Waals surface area contributed by atoms with Crippen molar-refractivity contribution in [2.45, 2.75) is 37.6 Å². The van der Waals surface area contributed by atoms with Crippen LogP contribution < -0.4 is 5.32 Å². The molecule has 0 aromatic carbocycles. The number of aromatic nitrogens is 3. The molecule has 4 heterocycles. The number of nitrogens with one attached hydrogen (secondary N) is 1. The Morgan fingerprint density at radius 1 is 1.34 bits per heavy atom. The van der Waals surface area contributed by atoms with Gasteiger partial charge in [-0.1, -0.05) is 5.21 Å². The van der Waals surface area contributed by atoms with Crippen molar-refractivity contribution in [3.8, 4) is 11.3 Å². The first kappa shape index (κ1) is 20.8. The van der Waals surface area contributed by atoms with E-state index in [1.807, 2.05) is 0 Å². The molecule has 2 aromatic heterocycles. The molecule has 2 aromatic rings. The van der Waals surface area contributed by atoms with E-state index in [0.29, 0.717) is 49.4 Å². The number of thiophene rings is 1. The number of sulfone groups is 1. The molecular formula is C17H21F3N4O3S2. The van der Waals surface area contributed by atoms with Crippen LogP contribution in [0, 0.1) is 0 Å². The molecule has 1 N–H and O–H groups in total. The molecule has 0 saturated carbocycles.